The Kier molecular flexibility index (Phi) is 7.86. The average Bonchev–Trinajstić information content (AvgIpc) is 2.48. The summed E-state index contributed by atoms with van der Waals surface area (Å²) in [6.45, 7) is 8.33. The topological polar surface area (TPSA) is 58.6 Å². The second-order valence-corrected chi connectivity index (χ2v) is 7.64. The fourth-order valence-corrected chi connectivity index (χ4v) is 3.03. The van der Waals surface area contributed by atoms with Gasteiger partial charge in [-0.05, 0) is 46.0 Å². The van der Waals surface area contributed by atoms with E-state index in [1.165, 1.54) is 6.42 Å². The Morgan fingerprint density at radius 2 is 1.83 bits per heavy atom. The van der Waals surface area contributed by atoms with E-state index in [-0.39, 0.29) is 11.8 Å². The predicted molar refractivity (Wildman–Crippen MR) is 92.3 cm³/mol. The van der Waals surface area contributed by atoms with Crippen molar-refractivity contribution < 1.29 is 14.3 Å². The molecule has 0 unspecified atom stereocenters. The molecule has 1 saturated carbocycles. The number of likely N-dealkylation sites (N-methyl/N-ethyl adjacent to an activating group) is 1. The van der Waals surface area contributed by atoms with Crippen LogP contribution in [-0.2, 0) is 9.53 Å². The van der Waals surface area contributed by atoms with Crippen LogP contribution in [0.15, 0.2) is 0 Å². The summed E-state index contributed by atoms with van der Waals surface area (Å²) in [5.74, 6) is 0.226. The Bertz CT molecular complexity index is 384. The lowest BCUT2D eigenvalue weighted by atomic mass is 9.83. The average molecular weight is 326 g/mol. The second-order valence-electron chi connectivity index (χ2n) is 7.64. The number of nitrogens with one attached hydrogen (secondary N) is 1. The molecule has 1 rings (SSSR count). The fourth-order valence-electron chi connectivity index (χ4n) is 3.03. The van der Waals surface area contributed by atoms with Crippen LogP contribution in [0.4, 0.5) is 4.79 Å². The quantitative estimate of drug-likeness (QED) is 0.809. The highest BCUT2D eigenvalue weighted by molar-refractivity contribution is 5.86. The maximum absolute atomic E-state index is 12.8. The Morgan fingerprint density at radius 1 is 1.22 bits per heavy atom. The number of alkyl carbamates (subject to hydrolysis) is 1. The molecule has 0 aromatic rings. The van der Waals surface area contributed by atoms with Gasteiger partial charge in [-0.3, -0.25) is 4.79 Å². The maximum atomic E-state index is 12.8. The van der Waals surface area contributed by atoms with Gasteiger partial charge in [-0.2, -0.15) is 0 Å². The molecule has 0 aromatic carbocycles. The van der Waals surface area contributed by atoms with Crippen molar-refractivity contribution in [1.82, 2.24) is 10.2 Å². The van der Waals surface area contributed by atoms with Crippen molar-refractivity contribution in [3.63, 3.8) is 0 Å². The monoisotopic (exact) mass is 326 g/mol. The number of hydrogen-bond acceptors (Lipinski definition) is 3. The van der Waals surface area contributed by atoms with E-state index in [1.54, 1.807) is 4.90 Å². The van der Waals surface area contributed by atoms with Crippen molar-refractivity contribution in [2.45, 2.75) is 84.3 Å². The number of nitrogens with zero attached hydrogens (tertiary/aromatic N) is 1. The Hall–Kier alpha value is -1.26. The van der Waals surface area contributed by atoms with Crippen LogP contribution in [0.2, 0.25) is 0 Å². The molecule has 0 saturated heterocycles. The zero-order chi connectivity index (χ0) is 17.5. The van der Waals surface area contributed by atoms with Gasteiger partial charge in [-0.15, -0.1) is 0 Å². The summed E-state index contributed by atoms with van der Waals surface area (Å²) in [7, 11) is 1.82. The summed E-state index contributed by atoms with van der Waals surface area (Å²) in [5.41, 5.74) is -0.557. The first kappa shape index (κ1) is 19.8. The van der Waals surface area contributed by atoms with Crippen LogP contribution >= 0.6 is 0 Å². The lowest BCUT2D eigenvalue weighted by Crippen LogP contribution is -2.52. The van der Waals surface area contributed by atoms with Crippen LogP contribution in [0.1, 0.15) is 72.6 Å². The molecule has 0 radical (unpaired) electrons. The van der Waals surface area contributed by atoms with E-state index < -0.39 is 17.7 Å². The van der Waals surface area contributed by atoms with Gasteiger partial charge in [0.2, 0.25) is 5.91 Å². The molecule has 1 N–H and O–H groups in total. The number of carbonyl (C=O) groups excluding carboxylic acids is 2. The van der Waals surface area contributed by atoms with Crippen molar-refractivity contribution in [2.24, 2.45) is 5.92 Å². The SMILES string of the molecule is CCCCN(C)C(=O)[C@@H](NC(=O)OC(C)(C)C)C1CCCCC1. The first-order valence-corrected chi connectivity index (χ1v) is 8.99. The molecule has 0 bridgehead atoms. The third kappa shape index (κ3) is 7.23. The largest absolute Gasteiger partial charge is 0.444 e. The minimum atomic E-state index is -0.557. The van der Waals surface area contributed by atoms with Gasteiger partial charge in [0.25, 0.3) is 0 Å². The lowest BCUT2D eigenvalue weighted by molar-refractivity contribution is -0.134. The van der Waals surface area contributed by atoms with Crippen molar-refractivity contribution in [1.29, 1.82) is 0 Å². The third-order valence-electron chi connectivity index (χ3n) is 4.28. The van der Waals surface area contributed by atoms with Gasteiger partial charge in [0.1, 0.15) is 11.6 Å². The van der Waals surface area contributed by atoms with Crippen molar-refractivity contribution in [2.75, 3.05) is 13.6 Å². The van der Waals surface area contributed by atoms with E-state index in [4.69, 9.17) is 4.74 Å². The molecule has 1 fully saturated rings. The molecular weight excluding hydrogens is 292 g/mol. The fraction of sp³-hybridized carbons (Fsp3) is 0.889. The van der Waals surface area contributed by atoms with Gasteiger partial charge in [-0.25, -0.2) is 4.79 Å². The van der Waals surface area contributed by atoms with E-state index in [2.05, 4.69) is 12.2 Å². The highest BCUT2D eigenvalue weighted by Gasteiger charge is 2.33. The van der Waals surface area contributed by atoms with Gasteiger partial charge in [0, 0.05) is 13.6 Å². The third-order valence-corrected chi connectivity index (χ3v) is 4.28. The molecule has 134 valence electrons. The molecule has 1 aliphatic carbocycles. The zero-order valence-electron chi connectivity index (χ0n) is 15.5. The molecule has 5 nitrogen and oxygen atoms in total. The van der Waals surface area contributed by atoms with Crippen LogP contribution in [0.3, 0.4) is 0 Å². The number of rotatable bonds is 6. The highest BCUT2D eigenvalue weighted by Crippen LogP contribution is 2.27. The van der Waals surface area contributed by atoms with Gasteiger partial charge in [0.05, 0.1) is 0 Å². The summed E-state index contributed by atoms with van der Waals surface area (Å²) in [4.78, 5) is 26.7. The summed E-state index contributed by atoms with van der Waals surface area (Å²) in [6.07, 6.45) is 6.99. The normalized spacial score (nSPS) is 17.4. The Balaban J connectivity index is 2.75. The first-order chi connectivity index (χ1) is 10.7. The molecule has 1 atom stereocenters. The molecule has 1 aliphatic rings. The van der Waals surface area contributed by atoms with E-state index in [0.29, 0.717) is 0 Å². The maximum Gasteiger partial charge on any atom is 0.408 e. The second kappa shape index (κ2) is 9.14. The number of carbonyl (C=O) groups is 2. The van der Waals surface area contributed by atoms with Gasteiger partial charge in [-0.1, -0.05) is 32.6 Å². The van der Waals surface area contributed by atoms with Crippen LogP contribution in [0, 0.1) is 5.92 Å². The van der Waals surface area contributed by atoms with Gasteiger partial charge >= 0.3 is 6.09 Å². The number of unbranched alkanes of at least 4 members (excludes halogenated alkanes) is 1. The minimum absolute atomic E-state index is 0.0104. The zero-order valence-corrected chi connectivity index (χ0v) is 15.5. The minimum Gasteiger partial charge on any atom is -0.444 e. The number of ether oxygens (including phenoxy) is 1. The molecule has 23 heavy (non-hydrogen) atoms. The van der Waals surface area contributed by atoms with Crippen LogP contribution in [0.5, 0.6) is 0 Å². The lowest BCUT2D eigenvalue weighted by Gasteiger charge is -2.33. The number of hydrogen-bond donors (Lipinski definition) is 1. The van der Waals surface area contributed by atoms with Crippen LogP contribution < -0.4 is 5.32 Å². The molecule has 5 heteroatoms. The predicted octanol–water partition coefficient (Wildman–Crippen LogP) is 3.72. The Labute approximate surface area is 141 Å². The summed E-state index contributed by atoms with van der Waals surface area (Å²) >= 11 is 0. The summed E-state index contributed by atoms with van der Waals surface area (Å²) in [6, 6.07) is -0.466. The van der Waals surface area contributed by atoms with Crippen LogP contribution in [-0.4, -0.2) is 42.1 Å². The molecule has 0 aromatic heterocycles. The van der Waals surface area contributed by atoms with E-state index in [9.17, 15) is 9.59 Å². The van der Waals surface area contributed by atoms with Gasteiger partial charge < -0.3 is 15.0 Å². The van der Waals surface area contributed by atoms with Crippen molar-refractivity contribution in [3.8, 4) is 0 Å². The highest BCUT2D eigenvalue weighted by atomic mass is 16.6. The molecule has 2 amide bonds. The standard InChI is InChI=1S/C18H34N2O3/c1-6-7-13-20(5)16(21)15(14-11-9-8-10-12-14)19-17(22)23-18(2,3)4/h14-15H,6-13H2,1-5H3,(H,19,22)/t15-/m0/s1. The van der Waals surface area contributed by atoms with Gasteiger partial charge in [0.15, 0.2) is 0 Å². The summed E-state index contributed by atoms with van der Waals surface area (Å²) < 4.78 is 5.35. The molecular formula is C18H34N2O3. The number of amides is 2. The van der Waals surface area contributed by atoms with E-state index in [0.717, 1.165) is 45.1 Å². The van der Waals surface area contributed by atoms with E-state index in [1.807, 2.05) is 27.8 Å². The van der Waals surface area contributed by atoms with Crippen LogP contribution in [0.25, 0.3) is 0 Å². The molecule has 0 heterocycles. The molecule has 0 spiro atoms. The summed E-state index contributed by atoms with van der Waals surface area (Å²) in [5, 5.41) is 2.85. The molecule has 0 aliphatic heterocycles. The smallest absolute Gasteiger partial charge is 0.408 e. The van der Waals surface area contributed by atoms with Crippen molar-refractivity contribution >= 4 is 12.0 Å². The van der Waals surface area contributed by atoms with E-state index >= 15 is 0 Å². The Morgan fingerprint density at radius 3 is 2.35 bits per heavy atom. The van der Waals surface area contributed by atoms with Crippen molar-refractivity contribution in [3.05, 3.63) is 0 Å². The first-order valence-electron chi connectivity index (χ1n) is 8.99.